The smallest absolute Gasteiger partial charge is 0.223 e. The molecule has 2 saturated carbocycles. The van der Waals surface area contributed by atoms with Crippen molar-refractivity contribution in [3.8, 4) is 0 Å². The summed E-state index contributed by atoms with van der Waals surface area (Å²) in [7, 11) is 0. The first-order chi connectivity index (χ1) is 5.25. The minimum atomic E-state index is 0.250. The second-order valence-corrected chi connectivity index (χ2v) is 3.64. The zero-order valence-electron chi connectivity index (χ0n) is 6.60. The summed E-state index contributed by atoms with van der Waals surface area (Å²) in [5.74, 6) is 0.503. The molecular formula is C9H13NO. The van der Waals surface area contributed by atoms with E-state index in [1.54, 1.807) is 0 Å². The van der Waals surface area contributed by atoms with Crippen LogP contribution in [0.2, 0.25) is 0 Å². The fourth-order valence-electron chi connectivity index (χ4n) is 1.37. The Morgan fingerprint density at radius 1 is 1.45 bits per heavy atom. The van der Waals surface area contributed by atoms with Gasteiger partial charge in [-0.3, -0.25) is 4.79 Å². The number of amides is 1. The molecule has 0 radical (unpaired) electrons. The number of hydrogen-bond donors (Lipinski definition) is 1. The van der Waals surface area contributed by atoms with E-state index in [1.807, 2.05) is 0 Å². The van der Waals surface area contributed by atoms with Gasteiger partial charge in [0.25, 0.3) is 0 Å². The molecule has 2 nitrogen and oxygen atoms in total. The van der Waals surface area contributed by atoms with Gasteiger partial charge in [-0.05, 0) is 25.7 Å². The lowest BCUT2D eigenvalue weighted by Crippen LogP contribution is -2.36. The van der Waals surface area contributed by atoms with Crippen molar-refractivity contribution >= 4 is 5.91 Å². The Balaban J connectivity index is 1.76. The molecule has 0 aromatic rings. The number of carbonyl (C=O) groups excluding carboxylic acids is 1. The number of hydrogen-bond acceptors (Lipinski definition) is 1. The number of rotatable bonds is 2. The fraction of sp³-hybridized carbons (Fsp3) is 0.667. The van der Waals surface area contributed by atoms with Crippen molar-refractivity contribution in [1.29, 1.82) is 0 Å². The maximum Gasteiger partial charge on any atom is 0.223 e. The topological polar surface area (TPSA) is 29.1 Å². The van der Waals surface area contributed by atoms with E-state index in [2.05, 4.69) is 11.9 Å². The van der Waals surface area contributed by atoms with Gasteiger partial charge in [-0.2, -0.15) is 0 Å². The van der Waals surface area contributed by atoms with Crippen LogP contribution in [0.15, 0.2) is 12.2 Å². The van der Waals surface area contributed by atoms with Gasteiger partial charge in [-0.25, -0.2) is 0 Å². The molecule has 2 aliphatic carbocycles. The van der Waals surface area contributed by atoms with Crippen LogP contribution in [-0.2, 0) is 4.79 Å². The highest BCUT2D eigenvalue weighted by Gasteiger charge is 2.32. The highest BCUT2D eigenvalue weighted by atomic mass is 16.2. The van der Waals surface area contributed by atoms with E-state index < -0.39 is 0 Å². The normalized spacial score (nSPS) is 24.5. The lowest BCUT2D eigenvalue weighted by atomic mass is 9.80. The SMILES string of the molecule is C=C1CC(C(=O)NC2CC2)C1. The summed E-state index contributed by atoms with van der Waals surface area (Å²) in [6.07, 6.45) is 4.19. The van der Waals surface area contributed by atoms with E-state index in [0.717, 1.165) is 12.8 Å². The summed E-state index contributed by atoms with van der Waals surface area (Å²) in [5, 5.41) is 3.00. The number of nitrogens with one attached hydrogen (secondary N) is 1. The van der Waals surface area contributed by atoms with Crippen LogP contribution in [0.3, 0.4) is 0 Å². The number of allylic oxidation sites excluding steroid dienone is 1. The van der Waals surface area contributed by atoms with E-state index in [4.69, 9.17) is 0 Å². The van der Waals surface area contributed by atoms with Crippen molar-refractivity contribution in [3.63, 3.8) is 0 Å². The first-order valence-corrected chi connectivity index (χ1v) is 4.23. The summed E-state index contributed by atoms with van der Waals surface area (Å²) in [4.78, 5) is 11.3. The van der Waals surface area contributed by atoms with Gasteiger partial charge in [0.05, 0.1) is 0 Å². The van der Waals surface area contributed by atoms with E-state index >= 15 is 0 Å². The van der Waals surface area contributed by atoms with Crippen LogP contribution in [0.1, 0.15) is 25.7 Å². The van der Waals surface area contributed by atoms with Crippen molar-refractivity contribution in [1.82, 2.24) is 5.32 Å². The van der Waals surface area contributed by atoms with Crippen LogP contribution >= 0.6 is 0 Å². The molecule has 0 spiro atoms. The Morgan fingerprint density at radius 3 is 2.55 bits per heavy atom. The van der Waals surface area contributed by atoms with Crippen LogP contribution in [0, 0.1) is 5.92 Å². The molecule has 1 N–H and O–H groups in total. The van der Waals surface area contributed by atoms with E-state index in [0.29, 0.717) is 6.04 Å². The first kappa shape index (κ1) is 6.89. The van der Waals surface area contributed by atoms with Gasteiger partial charge in [-0.1, -0.05) is 12.2 Å². The molecule has 0 saturated heterocycles. The van der Waals surface area contributed by atoms with Gasteiger partial charge < -0.3 is 5.32 Å². The highest BCUT2D eigenvalue weighted by molar-refractivity contribution is 5.81. The fourth-order valence-corrected chi connectivity index (χ4v) is 1.37. The van der Waals surface area contributed by atoms with Crippen LogP contribution in [0.4, 0.5) is 0 Å². The van der Waals surface area contributed by atoms with Crippen LogP contribution in [0.5, 0.6) is 0 Å². The molecule has 60 valence electrons. The second kappa shape index (κ2) is 2.36. The van der Waals surface area contributed by atoms with Crippen molar-refractivity contribution in [2.75, 3.05) is 0 Å². The Bertz CT molecular complexity index is 198. The van der Waals surface area contributed by atoms with Crippen molar-refractivity contribution in [3.05, 3.63) is 12.2 Å². The lowest BCUT2D eigenvalue weighted by molar-refractivity contribution is -0.126. The van der Waals surface area contributed by atoms with Crippen molar-refractivity contribution in [2.24, 2.45) is 5.92 Å². The molecule has 2 heteroatoms. The molecule has 0 bridgehead atoms. The Kier molecular flexibility index (Phi) is 1.48. The minimum absolute atomic E-state index is 0.250. The van der Waals surface area contributed by atoms with Gasteiger partial charge in [0.15, 0.2) is 0 Å². The summed E-state index contributed by atoms with van der Waals surface area (Å²) < 4.78 is 0. The Morgan fingerprint density at radius 2 is 2.09 bits per heavy atom. The predicted molar refractivity (Wildman–Crippen MR) is 43.0 cm³/mol. The summed E-state index contributed by atoms with van der Waals surface area (Å²) in [5.41, 5.74) is 1.22. The molecule has 1 amide bonds. The second-order valence-electron chi connectivity index (χ2n) is 3.64. The highest BCUT2D eigenvalue weighted by Crippen LogP contribution is 2.32. The van der Waals surface area contributed by atoms with E-state index in [9.17, 15) is 4.79 Å². The lowest BCUT2D eigenvalue weighted by Gasteiger charge is -2.26. The molecule has 2 aliphatic rings. The summed E-state index contributed by atoms with van der Waals surface area (Å²) in [6, 6.07) is 0.511. The Hall–Kier alpha value is -0.790. The third kappa shape index (κ3) is 1.44. The monoisotopic (exact) mass is 151 g/mol. The maximum atomic E-state index is 11.3. The first-order valence-electron chi connectivity index (χ1n) is 4.23. The molecular weight excluding hydrogens is 138 g/mol. The van der Waals surface area contributed by atoms with Gasteiger partial charge in [0.1, 0.15) is 0 Å². The standard InChI is InChI=1S/C9H13NO/c1-6-4-7(5-6)9(11)10-8-2-3-8/h7-8H,1-5H2,(H,10,11). The Labute approximate surface area is 66.7 Å². The van der Waals surface area contributed by atoms with Crippen LogP contribution in [0.25, 0.3) is 0 Å². The third-order valence-corrected chi connectivity index (χ3v) is 2.36. The molecule has 0 atom stereocenters. The van der Waals surface area contributed by atoms with Gasteiger partial charge >= 0.3 is 0 Å². The summed E-state index contributed by atoms with van der Waals surface area (Å²) in [6.45, 7) is 3.81. The van der Waals surface area contributed by atoms with Gasteiger partial charge in [0.2, 0.25) is 5.91 Å². The van der Waals surface area contributed by atoms with Crippen molar-refractivity contribution < 1.29 is 4.79 Å². The third-order valence-electron chi connectivity index (χ3n) is 2.36. The predicted octanol–water partition coefficient (Wildman–Crippen LogP) is 1.23. The zero-order chi connectivity index (χ0) is 7.84. The van der Waals surface area contributed by atoms with Crippen molar-refractivity contribution in [2.45, 2.75) is 31.7 Å². The van der Waals surface area contributed by atoms with Crippen LogP contribution in [-0.4, -0.2) is 11.9 Å². The maximum absolute atomic E-state index is 11.3. The average Bonchev–Trinajstić information content (AvgIpc) is 2.64. The quantitative estimate of drug-likeness (QED) is 0.591. The average molecular weight is 151 g/mol. The zero-order valence-corrected chi connectivity index (χ0v) is 6.60. The number of carbonyl (C=O) groups is 1. The van der Waals surface area contributed by atoms with Crippen LogP contribution < -0.4 is 5.32 Å². The molecule has 11 heavy (non-hydrogen) atoms. The van der Waals surface area contributed by atoms with Gasteiger partial charge in [0, 0.05) is 12.0 Å². The largest absolute Gasteiger partial charge is 0.353 e. The van der Waals surface area contributed by atoms with Gasteiger partial charge in [-0.15, -0.1) is 0 Å². The molecule has 0 aromatic heterocycles. The minimum Gasteiger partial charge on any atom is -0.353 e. The summed E-state index contributed by atoms with van der Waals surface area (Å²) >= 11 is 0. The van der Waals surface area contributed by atoms with E-state index in [-0.39, 0.29) is 11.8 Å². The molecule has 0 unspecified atom stereocenters. The molecule has 2 fully saturated rings. The van der Waals surface area contributed by atoms with E-state index in [1.165, 1.54) is 18.4 Å². The molecule has 0 aliphatic heterocycles. The molecule has 2 rings (SSSR count). The molecule has 0 heterocycles. The molecule has 0 aromatic carbocycles.